The van der Waals surface area contributed by atoms with Crippen molar-refractivity contribution in [1.29, 1.82) is 0 Å². The van der Waals surface area contributed by atoms with Crippen molar-refractivity contribution in [2.45, 2.75) is 18.4 Å². The molecule has 6 heteroatoms. The molecule has 112 valence electrons. The van der Waals surface area contributed by atoms with Crippen molar-refractivity contribution < 1.29 is 13.2 Å². The summed E-state index contributed by atoms with van der Waals surface area (Å²) in [7, 11) is -2.27. The molecule has 5 nitrogen and oxygen atoms in total. The number of aryl methyl sites for hydroxylation is 1. The van der Waals surface area contributed by atoms with Crippen molar-refractivity contribution in [3.63, 3.8) is 0 Å². The van der Waals surface area contributed by atoms with E-state index in [1.807, 2.05) is 31.2 Å². The maximum absolute atomic E-state index is 12.4. The average Bonchev–Trinajstić information content (AvgIpc) is 2.46. The predicted molar refractivity (Wildman–Crippen MR) is 82.6 cm³/mol. The molecule has 0 saturated carbocycles. The molecule has 0 bridgehead atoms. The highest BCUT2D eigenvalue weighted by atomic mass is 32.2. The maximum atomic E-state index is 12.4. The zero-order valence-electron chi connectivity index (χ0n) is 12.0. The van der Waals surface area contributed by atoms with Gasteiger partial charge >= 0.3 is 0 Å². The smallest absolute Gasteiger partial charge is 0.244 e. The lowest BCUT2D eigenvalue weighted by Crippen LogP contribution is -2.24. The second kappa shape index (κ2) is 6.15. The summed E-state index contributed by atoms with van der Waals surface area (Å²) in [5.41, 5.74) is 7.98. The Balaban J connectivity index is 2.27. The predicted octanol–water partition coefficient (Wildman–Crippen LogP) is 2.06. The quantitative estimate of drug-likeness (QED) is 0.829. The van der Waals surface area contributed by atoms with Gasteiger partial charge in [-0.1, -0.05) is 24.3 Å². The number of benzene rings is 2. The lowest BCUT2D eigenvalue weighted by atomic mass is 10.1. The van der Waals surface area contributed by atoms with E-state index in [-0.39, 0.29) is 17.2 Å². The zero-order chi connectivity index (χ0) is 15.5. The summed E-state index contributed by atoms with van der Waals surface area (Å²) >= 11 is 0. The van der Waals surface area contributed by atoms with Crippen molar-refractivity contribution in [2.75, 3.05) is 12.8 Å². The van der Waals surface area contributed by atoms with Crippen molar-refractivity contribution in [1.82, 2.24) is 4.72 Å². The van der Waals surface area contributed by atoms with Crippen molar-refractivity contribution in [3.05, 3.63) is 53.6 Å². The van der Waals surface area contributed by atoms with Gasteiger partial charge in [-0.2, -0.15) is 0 Å². The Kier molecular flexibility index (Phi) is 4.50. The molecular formula is C15H18N2O3S. The first-order valence-corrected chi connectivity index (χ1v) is 7.90. The van der Waals surface area contributed by atoms with Crippen molar-refractivity contribution in [3.8, 4) is 5.75 Å². The molecule has 2 aromatic carbocycles. The Labute approximate surface area is 124 Å². The molecule has 0 radical (unpaired) electrons. The third kappa shape index (κ3) is 3.53. The Morgan fingerprint density at radius 3 is 2.57 bits per heavy atom. The van der Waals surface area contributed by atoms with Crippen LogP contribution in [0.2, 0.25) is 0 Å². The summed E-state index contributed by atoms with van der Waals surface area (Å²) in [4.78, 5) is 0.0404. The third-order valence-electron chi connectivity index (χ3n) is 3.19. The summed E-state index contributed by atoms with van der Waals surface area (Å²) < 4.78 is 32.5. The van der Waals surface area contributed by atoms with Crippen LogP contribution in [0, 0.1) is 6.92 Å². The molecule has 21 heavy (non-hydrogen) atoms. The first-order valence-electron chi connectivity index (χ1n) is 6.42. The summed E-state index contributed by atoms with van der Waals surface area (Å²) in [6.07, 6.45) is 0. The molecule has 2 aromatic rings. The third-order valence-corrected chi connectivity index (χ3v) is 4.61. The Hall–Kier alpha value is -2.05. The van der Waals surface area contributed by atoms with Crippen LogP contribution < -0.4 is 15.2 Å². The topological polar surface area (TPSA) is 81.4 Å². The molecule has 0 fully saturated rings. The van der Waals surface area contributed by atoms with E-state index in [0.29, 0.717) is 5.69 Å². The van der Waals surface area contributed by atoms with Crippen LogP contribution in [-0.2, 0) is 16.6 Å². The van der Waals surface area contributed by atoms with Crippen LogP contribution >= 0.6 is 0 Å². The lowest BCUT2D eigenvalue weighted by Gasteiger charge is -2.12. The summed E-state index contributed by atoms with van der Waals surface area (Å²) in [6, 6.07) is 12.1. The Morgan fingerprint density at radius 1 is 1.19 bits per heavy atom. The molecule has 3 N–H and O–H groups in total. The fourth-order valence-corrected chi connectivity index (χ4v) is 3.17. The summed E-state index contributed by atoms with van der Waals surface area (Å²) in [5.74, 6) is 0.265. The highest BCUT2D eigenvalue weighted by molar-refractivity contribution is 7.89. The second-order valence-corrected chi connectivity index (χ2v) is 6.40. The van der Waals surface area contributed by atoms with Crippen LogP contribution in [0.15, 0.2) is 47.4 Å². The van der Waals surface area contributed by atoms with E-state index in [4.69, 9.17) is 10.5 Å². The molecule has 0 aromatic heterocycles. The lowest BCUT2D eigenvalue weighted by molar-refractivity contribution is 0.402. The number of anilines is 1. The fourth-order valence-electron chi connectivity index (χ4n) is 1.96. The zero-order valence-corrected chi connectivity index (χ0v) is 12.8. The number of ether oxygens (including phenoxy) is 1. The molecule has 0 aliphatic carbocycles. The van der Waals surface area contributed by atoms with Crippen LogP contribution in [-0.4, -0.2) is 15.5 Å². The van der Waals surface area contributed by atoms with Crippen LogP contribution in [0.3, 0.4) is 0 Å². The number of hydrogen-bond acceptors (Lipinski definition) is 4. The number of sulfonamides is 1. The molecule has 0 saturated heterocycles. The number of methoxy groups -OCH3 is 1. The van der Waals surface area contributed by atoms with Gasteiger partial charge in [-0.15, -0.1) is 0 Å². The molecule has 0 aliphatic heterocycles. The van der Waals surface area contributed by atoms with E-state index in [0.717, 1.165) is 11.1 Å². The molecule has 2 rings (SSSR count). The SMILES string of the molecule is COc1ccc(N)cc1S(=O)(=O)NCc1ccccc1C. The molecule has 0 atom stereocenters. The second-order valence-electron chi connectivity index (χ2n) is 4.66. The van der Waals surface area contributed by atoms with E-state index in [1.54, 1.807) is 6.07 Å². The van der Waals surface area contributed by atoms with Gasteiger partial charge in [-0.05, 0) is 36.2 Å². The molecule has 0 spiro atoms. The minimum Gasteiger partial charge on any atom is -0.495 e. The number of nitrogen functional groups attached to an aromatic ring is 1. The van der Waals surface area contributed by atoms with Crippen LogP contribution in [0.4, 0.5) is 5.69 Å². The normalized spacial score (nSPS) is 11.3. The van der Waals surface area contributed by atoms with Gasteiger partial charge in [-0.3, -0.25) is 0 Å². The van der Waals surface area contributed by atoms with Gasteiger partial charge in [-0.25, -0.2) is 13.1 Å². The molecule has 0 unspecified atom stereocenters. The summed E-state index contributed by atoms with van der Waals surface area (Å²) in [6.45, 7) is 2.15. The van der Waals surface area contributed by atoms with Crippen molar-refractivity contribution >= 4 is 15.7 Å². The number of hydrogen-bond donors (Lipinski definition) is 2. The van der Waals surface area contributed by atoms with Crippen LogP contribution in [0.25, 0.3) is 0 Å². The standard InChI is InChI=1S/C15H18N2O3S/c1-11-5-3-4-6-12(11)10-17-21(18,19)15-9-13(16)7-8-14(15)20-2/h3-9,17H,10,16H2,1-2H3. The molecule has 0 heterocycles. The maximum Gasteiger partial charge on any atom is 0.244 e. The van der Waals surface area contributed by atoms with E-state index in [9.17, 15) is 8.42 Å². The van der Waals surface area contributed by atoms with Gasteiger partial charge < -0.3 is 10.5 Å². The summed E-state index contributed by atoms with van der Waals surface area (Å²) in [5, 5.41) is 0. The number of nitrogens with one attached hydrogen (secondary N) is 1. The minimum atomic E-state index is -3.70. The molecule has 0 aliphatic rings. The average molecular weight is 306 g/mol. The van der Waals surface area contributed by atoms with Crippen LogP contribution in [0.1, 0.15) is 11.1 Å². The minimum absolute atomic E-state index is 0.0404. The van der Waals surface area contributed by atoms with Gasteiger partial charge in [0.15, 0.2) is 0 Å². The van der Waals surface area contributed by atoms with Gasteiger partial charge in [0.1, 0.15) is 10.6 Å². The van der Waals surface area contributed by atoms with E-state index in [2.05, 4.69) is 4.72 Å². The Bertz CT molecular complexity index is 742. The number of rotatable bonds is 5. The molecule has 0 amide bonds. The molecular weight excluding hydrogens is 288 g/mol. The van der Waals surface area contributed by atoms with Gasteiger partial charge in [0.2, 0.25) is 10.0 Å². The van der Waals surface area contributed by atoms with Crippen LogP contribution in [0.5, 0.6) is 5.75 Å². The first-order chi connectivity index (χ1) is 9.94. The fraction of sp³-hybridized carbons (Fsp3) is 0.200. The van der Waals surface area contributed by atoms with E-state index >= 15 is 0 Å². The van der Waals surface area contributed by atoms with Gasteiger partial charge in [0.25, 0.3) is 0 Å². The van der Waals surface area contributed by atoms with Crippen molar-refractivity contribution in [2.24, 2.45) is 0 Å². The Morgan fingerprint density at radius 2 is 1.90 bits per heavy atom. The van der Waals surface area contributed by atoms with Gasteiger partial charge in [0.05, 0.1) is 7.11 Å². The first kappa shape index (κ1) is 15.3. The van der Waals surface area contributed by atoms with E-state index in [1.165, 1.54) is 19.2 Å². The number of nitrogens with two attached hydrogens (primary N) is 1. The monoisotopic (exact) mass is 306 g/mol. The van der Waals surface area contributed by atoms with E-state index < -0.39 is 10.0 Å². The highest BCUT2D eigenvalue weighted by Gasteiger charge is 2.19. The van der Waals surface area contributed by atoms with Gasteiger partial charge in [0, 0.05) is 12.2 Å². The largest absolute Gasteiger partial charge is 0.495 e. The highest BCUT2D eigenvalue weighted by Crippen LogP contribution is 2.25.